The molecular formula is C23H23NO3S2. The van der Waals surface area contributed by atoms with E-state index < -0.39 is 0 Å². The summed E-state index contributed by atoms with van der Waals surface area (Å²) < 4.78 is 12.2. The zero-order valence-electron chi connectivity index (χ0n) is 16.5. The molecule has 0 aliphatic carbocycles. The molecule has 0 unspecified atom stereocenters. The van der Waals surface area contributed by atoms with Gasteiger partial charge in [-0.2, -0.15) is 0 Å². The van der Waals surface area contributed by atoms with Crippen LogP contribution in [0, 0.1) is 13.8 Å². The number of aryl methyl sites for hydroxylation is 2. The van der Waals surface area contributed by atoms with Gasteiger partial charge in [0.05, 0.1) is 4.91 Å². The fourth-order valence-electron chi connectivity index (χ4n) is 2.93. The van der Waals surface area contributed by atoms with Crippen molar-refractivity contribution in [1.29, 1.82) is 0 Å². The minimum absolute atomic E-state index is 0.0797. The Labute approximate surface area is 181 Å². The van der Waals surface area contributed by atoms with Crippen molar-refractivity contribution in [2.24, 2.45) is 0 Å². The monoisotopic (exact) mass is 425 g/mol. The summed E-state index contributed by atoms with van der Waals surface area (Å²) in [7, 11) is 0. The van der Waals surface area contributed by atoms with Gasteiger partial charge in [-0.05, 0) is 48.7 Å². The Morgan fingerprint density at radius 2 is 1.72 bits per heavy atom. The van der Waals surface area contributed by atoms with Gasteiger partial charge in [0.25, 0.3) is 5.91 Å². The van der Waals surface area contributed by atoms with Crippen LogP contribution in [0.2, 0.25) is 0 Å². The molecule has 0 atom stereocenters. The molecule has 1 amide bonds. The number of carbonyl (C=O) groups excluding carboxylic acids is 1. The van der Waals surface area contributed by atoms with Crippen molar-refractivity contribution in [1.82, 2.24) is 4.90 Å². The van der Waals surface area contributed by atoms with E-state index in [9.17, 15) is 4.79 Å². The maximum absolute atomic E-state index is 12.4. The number of rotatable bonds is 8. The number of thiocarbonyl (C=S) groups is 1. The molecule has 2 aromatic rings. The zero-order chi connectivity index (χ0) is 20.8. The summed E-state index contributed by atoms with van der Waals surface area (Å²) in [6.07, 6.45) is 3.51. The van der Waals surface area contributed by atoms with Gasteiger partial charge in [-0.25, -0.2) is 0 Å². The Kier molecular flexibility index (Phi) is 7.12. The molecule has 1 aliphatic heterocycles. The van der Waals surface area contributed by atoms with Gasteiger partial charge < -0.3 is 9.47 Å². The highest BCUT2D eigenvalue weighted by atomic mass is 32.2. The molecule has 4 nitrogen and oxygen atoms in total. The van der Waals surface area contributed by atoms with Crippen LogP contribution in [0.1, 0.15) is 16.7 Å². The van der Waals surface area contributed by atoms with E-state index in [1.165, 1.54) is 11.8 Å². The number of hydrogen-bond donors (Lipinski definition) is 0. The second-order valence-electron chi connectivity index (χ2n) is 6.57. The van der Waals surface area contributed by atoms with E-state index in [0.717, 1.165) is 28.2 Å². The van der Waals surface area contributed by atoms with Crippen LogP contribution in [0.5, 0.6) is 11.5 Å². The highest BCUT2D eigenvalue weighted by Gasteiger charge is 2.30. The molecule has 1 saturated heterocycles. The fourth-order valence-corrected chi connectivity index (χ4v) is 4.20. The molecule has 0 radical (unpaired) electrons. The summed E-state index contributed by atoms with van der Waals surface area (Å²) in [4.78, 5) is 14.5. The topological polar surface area (TPSA) is 38.8 Å². The van der Waals surface area contributed by atoms with Gasteiger partial charge in [-0.1, -0.05) is 60.4 Å². The molecular weight excluding hydrogens is 402 g/mol. The minimum Gasteiger partial charge on any atom is -0.490 e. The molecule has 0 bridgehead atoms. The second-order valence-corrected chi connectivity index (χ2v) is 8.24. The second kappa shape index (κ2) is 9.76. The zero-order valence-corrected chi connectivity index (χ0v) is 18.1. The molecule has 6 heteroatoms. The number of carbonyl (C=O) groups is 1. The van der Waals surface area contributed by atoms with Crippen molar-refractivity contribution in [2.45, 2.75) is 13.8 Å². The fraction of sp³-hybridized carbons (Fsp3) is 0.217. The predicted molar refractivity (Wildman–Crippen MR) is 123 cm³/mol. The predicted octanol–water partition coefficient (Wildman–Crippen LogP) is 5.15. The maximum atomic E-state index is 12.4. The number of hydrogen-bond acceptors (Lipinski definition) is 5. The number of benzene rings is 2. The van der Waals surface area contributed by atoms with Crippen LogP contribution in [-0.4, -0.2) is 34.9 Å². The third kappa shape index (κ3) is 5.28. The van der Waals surface area contributed by atoms with E-state index in [1.807, 2.05) is 62.4 Å². The van der Waals surface area contributed by atoms with Crippen molar-refractivity contribution >= 4 is 40.3 Å². The van der Waals surface area contributed by atoms with Gasteiger partial charge >= 0.3 is 0 Å². The lowest BCUT2D eigenvalue weighted by atomic mass is 10.1. The summed E-state index contributed by atoms with van der Waals surface area (Å²) >= 11 is 6.57. The molecule has 0 saturated carbocycles. The van der Waals surface area contributed by atoms with Crippen molar-refractivity contribution in [2.75, 3.05) is 19.8 Å². The first kappa shape index (κ1) is 21.1. The lowest BCUT2D eigenvalue weighted by Crippen LogP contribution is -2.27. The van der Waals surface area contributed by atoms with Crippen molar-refractivity contribution in [3.8, 4) is 11.5 Å². The van der Waals surface area contributed by atoms with Crippen LogP contribution < -0.4 is 9.47 Å². The van der Waals surface area contributed by atoms with Crippen LogP contribution >= 0.6 is 24.0 Å². The number of nitrogens with zero attached hydrogens (tertiary/aromatic N) is 1. The van der Waals surface area contributed by atoms with Crippen LogP contribution in [-0.2, 0) is 4.79 Å². The Bertz CT molecular complexity index is 931. The average molecular weight is 426 g/mol. The van der Waals surface area contributed by atoms with E-state index in [1.54, 1.807) is 11.0 Å². The maximum Gasteiger partial charge on any atom is 0.266 e. The largest absolute Gasteiger partial charge is 0.490 e. The lowest BCUT2D eigenvalue weighted by molar-refractivity contribution is -0.121. The third-order valence-electron chi connectivity index (χ3n) is 4.37. The normalized spacial score (nSPS) is 15.1. The molecule has 1 aliphatic rings. The summed E-state index contributed by atoms with van der Waals surface area (Å²) in [5.74, 6) is 1.59. The van der Waals surface area contributed by atoms with Gasteiger partial charge in [-0.15, -0.1) is 6.58 Å². The quantitative estimate of drug-likeness (QED) is 0.253. The first-order valence-electron chi connectivity index (χ1n) is 9.27. The molecule has 0 aromatic heterocycles. The molecule has 1 heterocycles. The summed E-state index contributed by atoms with van der Waals surface area (Å²) in [6.45, 7) is 9.09. The van der Waals surface area contributed by atoms with Gasteiger partial charge in [-0.3, -0.25) is 9.69 Å². The van der Waals surface area contributed by atoms with Crippen LogP contribution in [0.3, 0.4) is 0 Å². The Morgan fingerprint density at radius 3 is 2.38 bits per heavy atom. The first-order valence-corrected chi connectivity index (χ1v) is 10.5. The van der Waals surface area contributed by atoms with E-state index in [2.05, 4.69) is 6.58 Å². The Hall–Kier alpha value is -2.57. The van der Waals surface area contributed by atoms with E-state index in [-0.39, 0.29) is 5.91 Å². The lowest BCUT2D eigenvalue weighted by Gasteiger charge is -2.12. The van der Waals surface area contributed by atoms with Crippen molar-refractivity contribution in [3.05, 3.63) is 76.7 Å². The Balaban J connectivity index is 1.53. The van der Waals surface area contributed by atoms with Gasteiger partial charge in [0.15, 0.2) is 0 Å². The average Bonchev–Trinajstić information content (AvgIpc) is 2.96. The van der Waals surface area contributed by atoms with Crippen LogP contribution in [0.4, 0.5) is 0 Å². The first-order chi connectivity index (χ1) is 14.0. The van der Waals surface area contributed by atoms with E-state index in [4.69, 9.17) is 21.7 Å². The van der Waals surface area contributed by atoms with Gasteiger partial charge in [0.1, 0.15) is 29.0 Å². The van der Waals surface area contributed by atoms with Crippen molar-refractivity contribution in [3.63, 3.8) is 0 Å². The molecule has 3 rings (SSSR count). The smallest absolute Gasteiger partial charge is 0.266 e. The van der Waals surface area contributed by atoms with E-state index in [0.29, 0.717) is 29.0 Å². The highest BCUT2D eigenvalue weighted by Crippen LogP contribution is 2.32. The van der Waals surface area contributed by atoms with Gasteiger partial charge in [0.2, 0.25) is 0 Å². The molecule has 2 aromatic carbocycles. The third-order valence-corrected chi connectivity index (χ3v) is 5.75. The summed E-state index contributed by atoms with van der Waals surface area (Å²) in [5, 5.41) is 0. The van der Waals surface area contributed by atoms with Crippen LogP contribution in [0.25, 0.3) is 6.08 Å². The molecule has 150 valence electrons. The SMILES string of the molecule is C=CCN1C(=O)C(=Cc2ccc(OCCOc3c(C)cccc3C)cc2)SC1=S. The number of thioether (sulfide) groups is 1. The number of ether oxygens (including phenoxy) is 2. The standard InChI is InChI=1S/C23H23NO3S2/c1-4-12-24-22(25)20(29-23(24)28)15-18-8-10-19(11-9-18)26-13-14-27-21-16(2)6-5-7-17(21)3/h4-11,15H,1,12-14H2,2-3H3. The molecule has 0 N–H and O–H groups in total. The number of amides is 1. The Morgan fingerprint density at radius 1 is 1.07 bits per heavy atom. The van der Waals surface area contributed by atoms with Crippen molar-refractivity contribution < 1.29 is 14.3 Å². The number of para-hydroxylation sites is 1. The highest BCUT2D eigenvalue weighted by molar-refractivity contribution is 8.26. The van der Waals surface area contributed by atoms with Crippen LogP contribution in [0.15, 0.2) is 60.0 Å². The molecule has 29 heavy (non-hydrogen) atoms. The molecule has 1 fully saturated rings. The molecule has 0 spiro atoms. The summed E-state index contributed by atoms with van der Waals surface area (Å²) in [5.41, 5.74) is 3.16. The minimum atomic E-state index is -0.0797. The summed E-state index contributed by atoms with van der Waals surface area (Å²) in [6, 6.07) is 13.7. The van der Waals surface area contributed by atoms with E-state index >= 15 is 0 Å². The van der Waals surface area contributed by atoms with Gasteiger partial charge in [0, 0.05) is 6.54 Å².